The molecule has 1 N–H and O–H groups in total. The fourth-order valence-corrected chi connectivity index (χ4v) is 1.82. The molecule has 0 saturated carbocycles. The number of hydrogen-bond acceptors (Lipinski definition) is 3. The van der Waals surface area contributed by atoms with Gasteiger partial charge in [-0.1, -0.05) is 0 Å². The molecule has 2 aromatic rings. The van der Waals surface area contributed by atoms with Crippen molar-refractivity contribution < 1.29 is 18.7 Å². The molecule has 1 atom stereocenters. The van der Waals surface area contributed by atoms with Crippen LogP contribution in [0, 0.1) is 5.82 Å². The molecule has 22 heavy (non-hydrogen) atoms. The molecule has 0 aliphatic rings. The van der Waals surface area contributed by atoms with Crippen LogP contribution < -0.4 is 14.8 Å². The summed E-state index contributed by atoms with van der Waals surface area (Å²) in [7, 11) is 0. The van der Waals surface area contributed by atoms with Crippen molar-refractivity contribution in [2.75, 3.05) is 11.9 Å². The molecule has 4 nitrogen and oxygen atoms in total. The van der Waals surface area contributed by atoms with Crippen molar-refractivity contribution in [2.45, 2.75) is 20.0 Å². The molecule has 0 aliphatic carbocycles. The Morgan fingerprint density at radius 1 is 1.09 bits per heavy atom. The van der Waals surface area contributed by atoms with Crippen LogP contribution in [0.1, 0.15) is 13.8 Å². The Kier molecular flexibility index (Phi) is 5.36. The number of nitrogens with one attached hydrogen (secondary N) is 1. The van der Waals surface area contributed by atoms with E-state index in [1.807, 2.05) is 6.92 Å². The van der Waals surface area contributed by atoms with Gasteiger partial charge in [-0.25, -0.2) is 4.39 Å². The van der Waals surface area contributed by atoms with Crippen LogP contribution in [-0.4, -0.2) is 18.6 Å². The van der Waals surface area contributed by atoms with E-state index in [0.717, 1.165) is 5.75 Å². The molecular formula is C17H18FNO3. The second-order valence-electron chi connectivity index (χ2n) is 4.66. The van der Waals surface area contributed by atoms with Gasteiger partial charge >= 0.3 is 0 Å². The van der Waals surface area contributed by atoms with Gasteiger partial charge in [0.05, 0.1) is 6.61 Å². The lowest BCUT2D eigenvalue weighted by atomic mass is 10.3. The third kappa shape index (κ3) is 4.48. The summed E-state index contributed by atoms with van der Waals surface area (Å²) in [5, 5.41) is 2.67. The second kappa shape index (κ2) is 7.45. The highest BCUT2D eigenvalue weighted by molar-refractivity contribution is 5.94. The van der Waals surface area contributed by atoms with Crippen LogP contribution in [0.25, 0.3) is 0 Å². The van der Waals surface area contributed by atoms with Gasteiger partial charge in [-0.15, -0.1) is 0 Å². The summed E-state index contributed by atoms with van der Waals surface area (Å²) < 4.78 is 23.7. The number of amides is 1. The van der Waals surface area contributed by atoms with Gasteiger partial charge < -0.3 is 14.8 Å². The van der Waals surface area contributed by atoms with Crippen molar-refractivity contribution in [2.24, 2.45) is 0 Å². The standard InChI is InChI=1S/C17H18FNO3/c1-3-21-15-8-10-16(11-9-15)22-12(2)17(20)19-14-6-4-13(18)5-7-14/h4-12H,3H2,1-2H3,(H,19,20). The number of rotatable bonds is 6. The Morgan fingerprint density at radius 2 is 1.68 bits per heavy atom. The zero-order valence-corrected chi connectivity index (χ0v) is 12.5. The van der Waals surface area contributed by atoms with Crippen molar-refractivity contribution in [3.63, 3.8) is 0 Å². The van der Waals surface area contributed by atoms with Crippen molar-refractivity contribution >= 4 is 11.6 Å². The molecule has 5 heteroatoms. The second-order valence-corrected chi connectivity index (χ2v) is 4.66. The molecule has 0 heterocycles. The zero-order chi connectivity index (χ0) is 15.9. The fourth-order valence-electron chi connectivity index (χ4n) is 1.82. The lowest BCUT2D eigenvalue weighted by molar-refractivity contribution is -0.122. The van der Waals surface area contributed by atoms with Crippen LogP contribution in [-0.2, 0) is 4.79 Å². The van der Waals surface area contributed by atoms with Crippen molar-refractivity contribution in [1.29, 1.82) is 0 Å². The maximum Gasteiger partial charge on any atom is 0.265 e. The van der Waals surface area contributed by atoms with E-state index in [1.54, 1.807) is 31.2 Å². The predicted octanol–water partition coefficient (Wildman–Crippen LogP) is 3.63. The van der Waals surface area contributed by atoms with Gasteiger partial charge in [0, 0.05) is 5.69 Å². The molecule has 2 aromatic carbocycles. The minimum atomic E-state index is -0.678. The van der Waals surface area contributed by atoms with E-state index in [9.17, 15) is 9.18 Å². The highest BCUT2D eigenvalue weighted by Gasteiger charge is 2.14. The van der Waals surface area contributed by atoms with E-state index in [1.165, 1.54) is 24.3 Å². The number of carbonyl (C=O) groups excluding carboxylic acids is 1. The summed E-state index contributed by atoms with van der Waals surface area (Å²) in [5.74, 6) is 0.667. The number of benzene rings is 2. The third-order valence-electron chi connectivity index (χ3n) is 2.93. The van der Waals surface area contributed by atoms with Gasteiger partial charge in [0.2, 0.25) is 0 Å². The molecule has 0 bridgehead atoms. The van der Waals surface area contributed by atoms with Crippen LogP contribution in [0.3, 0.4) is 0 Å². The van der Waals surface area contributed by atoms with E-state index in [2.05, 4.69) is 5.32 Å². The van der Waals surface area contributed by atoms with E-state index in [4.69, 9.17) is 9.47 Å². The first-order valence-corrected chi connectivity index (χ1v) is 7.04. The average molecular weight is 303 g/mol. The Bertz CT molecular complexity index is 611. The zero-order valence-electron chi connectivity index (χ0n) is 12.5. The molecular weight excluding hydrogens is 285 g/mol. The Labute approximate surface area is 128 Å². The molecule has 1 unspecified atom stereocenters. The average Bonchev–Trinajstić information content (AvgIpc) is 2.51. The summed E-state index contributed by atoms with van der Waals surface area (Å²) in [4.78, 5) is 12.0. The predicted molar refractivity (Wildman–Crippen MR) is 82.7 cm³/mol. The molecule has 0 saturated heterocycles. The van der Waals surface area contributed by atoms with Gasteiger partial charge in [0.25, 0.3) is 5.91 Å². The van der Waals surface area contributed by atoms with Gasteiger partial charge in [-0.2, -0.15) is 0 Å². The molecule has 0 spiro atoms. The molecule has 2 rings (SSSR count). The summed E-state index contributed by atoms with van der Waals surface area (Å²) in [6, 6.07) is 12.6. The summed E-state index contributed by atoms with van der Waals surface area (Å²) in [5.41, 5.74) is 0.522. The molecule has 0 radical (unpaired) electrons. The lowest BCUT2D eigenvalue weighted by Crippen LogP contribution is -2.30. The molecule has 0 aromatic heterocycles. The smallest absolute Gasteiger partial charge is 0.265 e. The Morgan fingerprint density at radius 3 is 2.27 bits per heavy atom. The fraction of sp³-hybridized carbons (Fsp3) is 0.235. The van der Waals surface area contributed by atoms with Crippen molar-refractivity contribution in [3.8, 4) is 11.5 Å². The van der Waals surface area contributed by atoms with Crippen LogP contribution in [0.4, 0.5) is 10.1 Å². The van der Waals surface area contributed by atoms with Gasteiger partial charge in [-0.05, 0) is 62.4 Å². The molecule has 116 valence electrons. The highest BCUT2D eigenvalue weighted by Crippen LogP contribution is 2.19. The first-order valence-electron chi connectivity index (χ1n) is 7.04. The number of ether oxygens (including phenoxy) is 2. The normalized spacial score (nSPS) is 11.6. The quantitative estimate of drug-likeness (QED) is 0.886. The van der Waals surface area contributed by atoms with Crippen LogP contribution in [0.2, 0.25) is 0 Å². The van der Waals surface area contributed by atoms with E-state index < -0.39 is 6.10 Å². The number of anilines is 1. The number of carbonyl (C=O) groups is 1. The first-order chi connectivity index (χ1) is 10.6. The molecule has 0 fully saturated rings. The van der Waals surface area contributed by atoms with Crippen molar-refractivity contribution in [1.82, 2.24) is 0 Å². The van der Waals surface area contributed by atoms with Crippen LogP contribution in [0.15, 0.2) is 48.5 Å². The first kappa shape index (κ1) is 15.8. The summed E-state index contributed by atoms with van der Waals surface area (Å²) >= 11 is 0. The SMILES string of the molecule is CCOc1ccc(OC(C)C(=O)Nc2ccc(F)cc2)cc1. The van der Waals surface area contributed by atoms with Crippen LogP contribution in [0.5, 0.6) is 11.5 Å². The monoisotopic (exact) mass is 303 g/mol. The summed E-state index contributed by atoms with van der Waals surface area (Å²) in [6.45, 7) is 4.15. The maximum absolute atomic E-state index is 12.8. The van der Waals surface area contributed by atoms with Crippen LogP contribution >= 0.6 is 0 Å². The number of halogens is 1. The molecule has 1 amide bonds. The topological polar surface area (TPSA) is 47.6 Å². The number of hydrogen-bond donors (Lipinski definition) is 1. The van der Waals surface area contributed by atoms with Gasteiger partial charge in [0.15, 0.2) is 6.10 Å². The minimum Gasteiger partial charge on any atom is -0.494 e. The molecule has 0 aliphatic heterocycles. The third-order valence-corrected chi connectivity index (χ3v) is 2.93. The highest BCUT2D eigenvalue weighted by atomic mass is 19.1. The maximum atomic E-state index is 12.8. The lowest BCUT2D eigenvalue weighted by Gasteiger charge is -2.15. The van der Waals surface area contributed by atoms with E-state index in [-0.39, 0.29) is 11.7 Å². The Hall–Kier alpha value is -2.56. The largest absolute Gasteiger partial charge is 0.494 e. The Balaban J connectivity index is 1.91. The van der Waals surface area contributed by atoms with Crippen molar-refractivity contribution in [3.05, 3.63) is 54.3 Å². The summed E-state index contributed by atoms with van der Waals surface area (Å²) in [6.07, 6.45) is -0.678. The van der Waals surface area contributed by atoms with Gasteiger partial charge in [-0.3, -0.25) is 4.79 Å². The van der Waals surface area contributed by atoms with E-state index in [0.29, 0.717) is 18.0 Å². The van der Waals surface area contributed by atoms with E-state index >= 15 is 0 Å². The van der Waals surface area contributed by atoms with Gasteiger partial charge in [0.1, 0.15) is 17.3 Å². The minimum absolute atomic E-state index is 0.305.